The molecule has 1 aliphatic rings. The van der Waals surface area contributed by atoms with E-state index in [1.807, 2.05) is 0 Å². The molecule has 2 unspecified atom stereocenters. The van der Waals surface area contributed by atoms with Gasteiger partial charge in [0.25, 0.3) is 0 Å². The highest BCUT2D eigenvalue weighted by Crippen LogP contribution is 2.31. The second kappa shape index (κ2) is 6.34. The van der Waals surface area contributed by atoms with Gasteiger partial charge in [0.05, 0.1) is 26.8 Å². The van der Waals surface area contributed by atoms with Crippen LogP contribution in [-0.2, 0) is 14.6 Å². The zero-order chi connectivity index (χ0) is 15.6. The zero-order valence-electron chi connectivity index (χ0n) is 11.6. The van der Waals surface area contributed by atoms with Crippen LogP contribution >= 0.6 is 11.6 Å². The van der Waals surface area contributed by atoms with E-state index in [1.165, 1.54) is 18.2 Å². The molecule has 1 aromatic carbocycles. The van der Waals surface area contributed by atoms with Crippen LogP contribution in [0.2, 0.25) is 5.02 Å². The van der Waals surface area contributed by atoms with Gasteiger partial charge in [-0.1, -0.05) is 11.6 Å². The molecule has 0 spiro atoms. The topological polar surface area (TPSA) is 80.7 Å². The van der Waals surface area contributed by atoms with Crippen molar-refractivity contribution in [2.24, 2.45) is 0 Å². The SMILES string of the molecule is COC1CCCC(S(=O)(=O)c2ccc(C(=O)O)c(Cl)c2)C1. The fraction of sp³-hybridized carbons (Fsp3) is 0.500. The summed E-state index contributed by atoms with van der Waals surface area (Å²) in [7, 11) is -1.95. The molecule has 2 rings (SSSR count). The molecule has 0 aliphatic heterocycles. The van der Waals surface area contributed by atoms with Crippen LogP contribution in [0.3, 0.4) is 0 Å². The molecule has 0 aromatic heterocycles. The van der Waals surface area contributed by atoms with E-state index < -0.39 is 21.1 Å². The molecule has 0 radical (unpaired) electrons. The monoisotopic (exact) mass is 332 g/mol. The minimum Gasteiger partial charge on any atom is -0.478 e. The van der Waals surface area contributed by atoms with Gasteiger partial charge in [0.15, 0.2) is 9.84 Å². The van der Waals surface area contributed by atoms with Crippen molar-refractivity contribution in [3.8, 4) is 0 Å². The number of halogens is 1. The predicted octanol–water partition coefficient (Wildman–Crippen LogP) is 2.77. The van der Waals surface area contributed by atoms with Crippen molar-refractivity contribution in [1.29, 1.82) is 0 Å². The van der Waals surface area contributed by atoms with Gasteiger partial charge in [0.2, 0.25) is 0 Å². The van der Waals surface area contributed by atoms with E-state index >= 15 is 0 Å². The van der Waals surface area contributed by atoms with Gasteiger partial charge in [-0.2, -0.15) is 0 Å². The Morgan fingerprint density at radius 1 is 1.38 bits per heavy atom. The van der Waals surface area contributed by atoms with E-state index in [-0.39, 0.29) is 21.6 Å². The summed E-state index contributed by atoms with van der Waals surface area (Å²) in [6.45, 7) is 0. The normalized spacial score (nSPS) is 23.0. The summed E-state index contributed by atoms with van der Waals surface area (Å²) in [5, 5.41) is 8.35. The third-order valence-corrected chi connectivity index (χ3v) is 6.38. The van der Waals surface area contributed by atoms with Crippen LogP contribution in [0.5, 0.6) is 0 Å². The van der Waals surface area contributed by atoms with Crippen LogP contribution < -0.4 is 0 Å². The van der Waals surface area contributed by atoms with Gasteiger partial charge in [-0.25, -0.2) is 13.2 Å². The molecule has 116 valence electrons. The van der Waals surface area contributed by atoms with Gasteiger partial charge in [0.1, 0.15) is 0 Å². The lowest BCUT2D eigenvalue weighted by atomic mass is 9.97. The van der Waals surface area contributed by atoms with Gasteiger partial charge < -0.3 is 9.84 Å². The summed E-state index contributed by atoms with van der Waals surface area (Å²) in [6.07, 6.45) is 2.65. The number of carboxylic acid groups (broad SMARTS) is 1. The summed E-state index contributed by atoms with van der Waals surface area (Å²) < 4.78 is 30.5. The maximum atomic E-state index is 12.6. The maximum Gasteiger partial charge on any atom is 0.337 e. The van der Waals surface area contributed by atoms with Crippen molar-refractivity contribution in [1.82, 2.24) is 0 Å². The van der Waals surface area contributed by atoms with Crippen LogP contribution in [0.1, 0.15) is 36.0 Å². The number of hydrogen-bond acceptors (Lipinski definition) is 4. The fourth-order valence-electron chi connectivity index (χ4n) is 2.64. The Bertz CT molecular complexity index is 641. The summed E-state index contributed by atoms with van der Waals surface area (Å²) in [6, 6.07) is 3.76. The Balaban J connectivity index is 2.31. The minimum absolute atomic E-state index is 0.0488. The molecule has 0 heterocycles. The van der Waals surface area contributed by atoms with Gasteiger partial charge >= 0.3 is 5.97 Å². The average Bonchev–Trinajstić information content (AvgIpc) is 2.46. The second-order valence-corrected chi connectivity index (χ2v) is 7.77. The molecule has 1 fully saturated rings. The molecule has 1 N–H and O–H groups in total. The molecule has 0 bridgehead atoms. The van der Waals surface area contributed by atoms with Gasteiger partial charge in [-0.15, -0.1) is 0 Å². The van der Waals surface area contributed by atoms with Crippen molar-refractivity contribution in [3.63, 3.8) is 0 Å². The maximum absolute atomic E-state index is 12.6. The Kier molecular flexibility index (Phi) is 4.91. The number of carbonyl (C=O) groups is 1. The van der Waals surface area contributed by atoms with E-state index in [0.29, 0.717) is 12.8 Å². The van der Waals surface area contributed by atoms with Crippen LogP contribution in [0.4, 0.5) is 0 Å². The highest BCUT2D eigenvalue weighted by molar-refractivity contribution is 7.92. The number of carboxylic acids is 1. The van der Waals surface area contributed by atoms with Gasteiger partial charge in [-0.05, 0) is 43.9 Å². The van der Waals surface area contributed by atoms with E-state index in [4.69, 9.17) is 21.4 Å². The lowest BCUT2D eigenvalue weighted by Crippen LogP contribution is -2.31. The molecule has 2 atom stereocenters. The van der Waals surface area contributed by atoms with Crippen LogP contribution in [0.25, 0.3) is 0 Å². The standard InChI is InChI=1S/C14H17ClO5S/c1-20-9-3-2-4-10(7-9)21(18,19)11-5-6-12(14(16)17)13(15)8-11/h5-6,8-10H,2-4,7H2,1H3,(H,16,17). The minimum atomic E-state index is -3.53. The van der Waals surface area contributed by atoms with Crippen LogP contribution in [-0.4, -0.2) is 38.0 Å². The first-order chi connectivity index (χ1) is 9.86. The number of methoxy groups -OCH3 is 1. The number of aromatic carboxylic acids is 1. The molecule has 7 heteroatoms. The summed E-state index contributed by atoms with van der Waals surface area (Å²) in [5.41, 5.74) is -0.103. The Labute approximate surface area is 128 Å². The van der Waals surface area contributed by atoms with Crippen molar-refractivity contribution < 1.29 is 23.1 Å². The molecule has 5 nitrogen and oxygen atoms in total. The lowest BCUT2D eigenvalue weighted by molar-refractivity contribution is 0.0697. The summed E-state index contributed by atoms with van der Waals surface area (Å²) in [4.78, 5) is 11.0. The quantitative estimate of drug-likeness (QED) is 0.917. The number of sulfone groups is 1. The predicted molar refractivity (Wildman–Crippen MR) is 78.7 cm³/mol. The Hall–Kier alpha value is -1.11. The smallest absolute Gasteiger partial charge is 0.337 e. The van der Waals surface area contributed by atoms with Crippen molar-refractivity contribution in [3.05, 3.63) is 28.8 Å². The molecule has 0 amide bonds. The van der Waals surface area contributed by atoms with E-state index in [9.17, 15) is 13.2 Å². The van der Waals surface area contributed by atoms with Crippen molar-refractivity contribution in [2.45, 2.75) is 41.9 Å². The zero-order valence-corrected chi connectivity index (χ0v) is 13.2. The lowest BCUT2D eigenvalue weighted by Gasteiger charge is -2.28. The fourth-order valence-corrected chi connectivity index (χ4v) is 4.83. The molecular weight excluding hydrogens is 316 g/mol. The number of hydrogen-bond donors (Lipinski definition) is 1. The largest absolute Gasteiger partial charge is 0.478 e. The third-order valence-electron chi connectivity index (χ3n) is 3.85. The molecule has 21 heavy (non-hydrogen) atoms. The van der Waals surface area contributed by atoms with Crippen molar-refractivity contribution in [2.75, 3.05) is 7.11 Å². The first-order valence-corrected chi connectivity index (χ1v) is 8.58. The first-order valence-electron chi connectivity index (χ1n) is 6.65. The molecule has 1 saturated carbocycles. The van der Waals surface area contributed by atoms with E-state index in [2.05, 4.69) is 0 Å². The molecule has 0 saturated heterocycles. The van der Waals surface area contributed by atoms with Crippen LogP contribution in [0.15, 0.2) is 23.1 Å². The first kappa shape index (κ1) is 16.3. The Morgan fingerprint density at radius 3 is 2.67 bits per heavy atom. The van der Waals surface area contributed by atoms with Gasteiger partial charge in [0, 0.05) is 7.11 Å². The van der Waals surface area contributed by atoms with E-state index in [0.717, 1.165) is 12.8 Å². The highest BCUT2D eigenvalue weighted by atomic mass is 35.5. The van der Waals surface area contributed by atoms with Gasteiger partial charge in [-0.3, -0.25) is 0 Å². The molecule has 1 aromatic rings. The van der Waals surface area contributed by atoms with Crippen molar-refractivity contribution >= 4 is 27.4 Å². The average molecular weight is 333 g/mol. The summed E-state index contributed by atoms with van der Waals surface area (Å²) in [5.74, 6) is -1.18. The molecular formula is C14H17ClO5S. The Morgan fingerprint density at radius 2 is 2.10 bits per heavy atom. The number of benzene rings is 1. The highest BCUT2D eigenvalue weighted by Gasteiger charge is 2.33. The second-order valence-electron chi connectivity index (χ2n) is 5.14. The van der Waals surface area contributed by atoms with Crippen LogP contribution in [0, 0.1) is 0 Å². The number of ether oxygens (including phenoxy) is 1. The molecule has 1 aliphatic carbocycles. The summed E-state index contributed by atoms with van der Waals surface area (Å²) >= 11 is 5.86. The van der Waals surface area contributed by atoms with E-state index in [1.54, 1.807) is 7.11 Å². The number of rotatable bonds is 4. The third kappa shape index (κ3) is 3.39.